The van der Waals surface area contributed by atoms with Gasteiger partial charge in [-0.1, -0.05) is 12.1 Å². The number of phenolic OH excluding ortho intramolecular Hbond substituents is 1. The number of benzene rings is 1. The molecule has 0 saturated heterocycles. The predicted molar refractivity (Wildman–Crippen MR) is 94.5 cm³/mol. The Morgan fingerprint density at radius 3 is 2.80 bits per heavy atom. The summed E-state index contributed by atoms with van der Waals surface area (Å²) in [5, 5.41) is 33.9. The van der Waals surface area contributed by atoms with Crippen LogP contribution in [-0.2, 0) is 0 Å². The lowest BCUT2D eigenvalue weighted by molar-refractivity contribution is -0.0178. The molecule has 0 aromatic heterocycles. The summed E-state index contributed by atoms with van der Waals surface area (Å²) in [6.07, 6.45) is 4.39. The molecule has 4 rings (SSSR count). The van der Waals surface area contributed by atoms with Crippen molar-refractivity contribution in [3.63, 3.8) is 0 Å². The Morgan fingerprint density at radius 2 is 2.08 bits per heavy atom. The molecule has 0 spiro atoms. The second-order valence-electron chi connectivity index (χ2n) is 8.11. The van der Waals surface area contributed by atoms with Crippen molar-refractivity contribution in [2.24, 2.45) is 22.4 Å². The minimum absolute atomic E-state index is 0.0289. The van der Waals surface area contributed by atoms with Crippen molar-refractivity contribution >= 4 is 5.71 Å². The molecule has 0 heterocycles. The molecular weight excluding hydrogens is 318 g/mol. The highest BCUT2D eigenvalue weighted by Gasteiger charge is 2.55. The number of fused-ring (bicyclic) bond motifs is 5. The topological polar surface area (TPSA) is 82.3 Å². The second-order valence-corrected chi connectivity index (χ2v) is 8.11. The Labute approximate surface area is 148 Å². The molecule has 5 atom stereocenters. The van der Waals surface area contributed by atoms with Crippen LogP contribution in [0.3, 0.4) is 0 Å². The summed E-state index contributed by atoms with van der Waals surface area (Å²) in [6.45, 7) is 4.61. The van der Waals surface area contributed by atoms with Crippen LogP contribution in [0.5, 0.6) is 11.5 Å². The van der Waals surface area contributed by atoms with Crippen molar-refractivity contribution in [1.82, 2.24) is 0 Å². The normalized spacial score (nSPS) is 38.1. The SMILES string of the molecule is CCOc1cc2c(cc1O)/C(=N/O)C[C@@H]1[C@@H]2CC[C@]2(C)[C@@H](O)CC[C@@H]12. The van der Waals surface area contributed by atoms with Gasteiger partial charge in [-0.2, -0.15) is 0 Å². The molecule has 1 aromatic rings. The molecule has 136 valence electrons. The molecule has 3 N–H and O–H groups in total. The summed E-state index contributed by atoms with van der Waals surface area (Å²) in [5.74, 6) is 1.77. The molecule has 5 heteroatoms. The first-order valence-electron chi connectivity index (χ1n) is 9.38. The largest absolute Gasteiger partial charge is 0.504 e. The van der Waals surface area contributed by atoms with E-state index >= 15 is 0 Å². The summed E-state index contributed by atoms with van der Waals surface area (Å²) in [6, 6.07) is 3.62. The van der Waals surface area contributed by atoms with E-state index in [0.29, 0.717) is 42.2 Å². The summed E-state index contributed by atoms with van der Waals surface area (Å²) in [4.78, 5) is 0. The molecule has 0 amide bonds. The minimum Gasteiger partial charge on any atom is -0.504 e. The summed E-state index contributed by atoms with van der Waals surface area (Å²) in [5.41, 5.74) is 2.57. The van der Waals surface area contributed by atoms with E-state index in [-0.39, 0.29) is 17.3 Å². The van der Waals surface area contributed by atoms with Crippen LogP contribution in [0, 0.1) is 17.3 Å². The van der Waals surface area contributed by atoms with E-state index in [1.54, 1.807) is 6.07 Å². The number of hydrogen-bond donors (Lipinski definition) is 3. The van der Waals surface area contributed by atoms with Gasteiger partial charge in [0.1, 0.15) is 0 Å². The minimum atomic E-state index is -0.229. The van der Waals surface area contributed by atoms with Crippen LogP contribution in [0.4, 0.5) is 0 Å². The number of rotatable bonds is 2. The van der Waals surface area contributed by atoms with Crippen LogP contribution in [-0.4, -0.2) is 33.8 Å². The highest BCUT2D eigenvalue weighted by molar-refractivity contribution is 6.03. The number of ether oxygens (including phenoxy) is 1. The van der Waals surface area contributed by atoms with Crippen LogP contribution in [0.25, 0.3) is 0 Å². The van der Waals surface area contributed by atoms with Crippen LogP contribution < -0.4 is 4.74 Å². The van der Waals surface area contributed by atoms with Crippen LogP contribution in [0.2, 0.25) is 0 Å². The number of nitrogens with zero attached hydrogens (tertiary/aromatic N) is 1. The quantitative estimate of drug-likeness (QED) is 0.564. The van der Waals surface area contributed by atoms with Gasteiger partial charge in [0.2, 0.25) is 0 Å². The first-order chi connectivity index (χ1) is 12.0. The Morgan fingerprint density at radius 1 is 1.28 bits per heavy atom. The molecular formula is C20H27NO4. The maximum Gasteiger partial charge on any atom is 0.161 e. The zero-order chi connectivity index (χ0) is 17.8. The smallest absolute Gasteiger partial charge is 0.161 e. The number of hydrogen-bond acceptors (Lipinski definition) is 5. The lowest BCUT2D eigenvalue weighted by Crippen LogP contribution is -2.45. The molecule has 0 aliphatic heterocycles. The van der Waals surface area contributed by atoms with Crippen molar-refractivity contribution < 1.29 is 20.2 Å². The molecule has 3 aliphatic carbocycles. The van der Waals surface area contributed by atoms with Gasteiger partial charge in [-0.05, 0) is 79.9 Å². The molecule has 0 unspecified atom stereocenters. The number of aliphatic hydroxyl groups is 1. The number of oxime groups is 1. The van der Waals surface area contributed by atoms with Crippen LogP contribution in [0.15, 0.2) is 17.3 Å². The van der Waals surface area contributed by atoms with Crippen molar-refractivity contribution in [2.75, 3.05) is 6.61 Å². The van der Waals surface area contributed by atoms with E-state index < -0.39 is 0 Å². The second kappa shape index (κ2) is 5.90. The molecule has 5 nitrogen and oxygen atoms in total. The van der Waals surface area contributed by atoms with Crippen molar-refractivity contribution in [1.29, 1.82) is 0 Å². The fourth-order valence-corrected chi connectivity index (χ4v) is 5.77. The molecule has 0 radical (unpaired) electrons. The maximum absolute atomic E-state index is 10.5. The molecule has 1 aromatic carbocycles. The summed E-state index contributed by atoms with van der Waals surface area (Å²) in [7, 11) is 0. The number of phenols is 1. The van der Waals surface area contributed by atoms with Crippen LogP contribution >= 0.6 is 0 Å². The lowest BCUT2D eigenvalue weighted by atomic mass is 9.55. The lowest BCUT2D eigenvalue weighted by Gasteiger charge is -2.50. The standard InChI is InChI=1S/C20H27NO4/c1-3-25-18-10-12-11-6-7-20(2)15(4-5-19(20)23)13(11)8-16(21-24)14(12)9-17(18)22/h9-11,13,15,19,22-24H,3-8H2,1-2H3/b21-16+/t11-,13-,15+,19+,20+/m1/s1. The van der Waals surface area contributed by atoms with E-state index in [4.69, 9.17) is 4.74 Å². The van der Waals surface area contributed by atoms with Gasteiger partial charge in [-0.15, -0.1) is 0 Å². The Bertz CT molecular complexity index is 716. The summed E-state index contributed by atoms with van der Waals surface area (Å²) < 4.78 is 5.58. The van der Waals surface area contributed by atoms with Gasteiger partial charge < -0.3 is 20.2 Å². The predicted octanol–water partition coefficient (Wildman–Crippen LogP) is 3.64. The average Bonchev–Trinajstić information content (AvgIpc) is 2.90. The Balaban J connectivity index is 1.79. The first kappa shape index (κ1) is 16.7. The molecule has 3 aliphatic rings. The number of aromatic hydroxyl groups is 1. The van der Waals surface area contributed by atoms with Crippen molar-refractivity contribution in [3.05, 3.63) is 23.3 Å². The third-order valence-electron chi connectivity index (χ3n) is 7.08. The average molecular weight is 345 g/mol. The molecule has 2 fully saturated rings. The van der Waals surface area contributed by atoms with Gasteiger partial charge in [0.05, 0.1) is 18.4 Å². The van der Waals surface area contributed by atoms with Gasteiger partial charge in [0, 0.05) is 5.56 Å². The van der Waals surface area contributed by atoms with Crippen molar-refractivity contribution in [3.8, 4) is 11.5 Å². The third kappa shape index (κ3) is 2.35. The Hall–Kier alpha value is -1.75. The van der Waals surface area contributed by atoms with Gasteiger partial charge in [0.15, 0.2) is 11.5 Å². The van der Waals surface area contributed by atoms with Gasteiger partial charge in [0.25, 0.3) is 0 Å². The Kier molecular flexibility index (Phi) is 3.95. The molecule has 25 heavy (non-hydrogen) atoms. The van der Waals surface area contributed by atoms with E-state index in [0.717, 1.165) is 36.8 Å². The molecule has 2 saturated carbocycles. The van der Waals surface area contributed by atoms with Gasteiger partial charge in [-0.25, -0.2) is 0 Å². The van der Waals surface area contributed by atoms with Gasteiger partial charge >= 0.3 is 0 Å². The maximum atomic E-state index is 10.5. The molecule has 0 bridgehead atoms. The highest BCUT2D eigenvalue weighted by Crippen LogP contribution is 2.61. The monoisotopic (exact) mass is 345 g/mol. The van der Waals surface area contributed by atoms with E-state index in [1.165, 1.54) is 0 Å². The number of aliphatic hydroxyl groups excluding tert-OH is 1. The zero-order valence-electron chi connectivity index (χ0n) is 14.9. The third-order valence-corrected chi connectivity index (χ3v) is 7.08. The zero-order valence-corrected chi connectivity index (χ0v) is 14.9. The van der Waals surface area contributed by atoms with E-state index in [9.17, 15) is 15.4 Å². The van der Waals surface area contributed by atoms with Crippen molar-refractivity contribution in [2.45, 2.75) is 58.0 Å². The first-order valence-corrected chi connectivity index (χ1v) is 9.38. The van der Waals surface area contributed by atoms with Crippen LogP contribution in [0.1, 0.15) is 63.0 Å². The van der Waals surface area contributed by atoms with E-state index in [1.807, 2.05) is 13.0 Å². The van der Waals surface area contributed by atoms with E-state index in [2.05, 4.69) is 12.1 Å². The highest BCUT2D eigenvalue weighted by atomic mass is 16.5. The van der Waals surface area contributed by atoms with Gasteiger partial charge in [-0.3, -0.25) is 0 Å². The summed E-state index contributed by atoms with van der Waals surface area (Å²) >= 11 is 0. The fourth-order valence-electron chi connectivity index (χ4n) is 5.77. The fraction of sp³-hybridized carbons (Fsp3) is 0.650.